The average Bonchev–Trinajstić information content (AvgIpc) is 3.48. The molecule has 3 atom stereocenters. The van der Waals surface area contributed by atoms with Gasteiger partial charge >= 0.3 is 0 Å². The summed E-state index contributed by atoms with van der Waals surface area (Å²) in [7, 11) is 1.53. The third-order valence-corrected chi connectivity index (χ3v) is 11.9. The number of imidazole rings is 1. The highest BCUT2D eigenvalue weighted by Gasteiger charge is 2.42. The van der Waals surface area contributed by atoms with E-state index in [2.05, 4.69) is 53.8 Å². The second-order valence-corrected chi connectivity index (χ2v) is 16.4. The number of aromatic amines is 1. The molecule has 0 spiro atoms. The molecular weight excluding hydrogens is 534 g/mol. The van der Waals surface area contributed by atoms with Crippen molar-refractivity contribution < 1.29 is 18.8 Å². The minimum absolute atomic E-state index is 0.000976. The number of nitrogens with one attached hydrogen (secondary N) is 1. The van der Waals surface area contributed by atoms with Crippen molar-refractivity contribution in [2.45, 2.75) is 70.4 Å². The molecule has 0 unspecified atom stereocenters. The molecule has 1 aliphatic heterocycles. The quantitative estimate of drug-likeness (QED) is 0.124. The highest BCUT2D eigenvalue weighted by molar-refractivity contribution is 6.74. The first-order valence-electron chi connectivity index (χ1n) is 13.1. The third-order valence-electron chi connectivity index (χ3n) is 7.38. The van der Waals surface area contributed by atoms with Crippen LogP contribution < -0.4 is 5.56 Å². The summed E-state index contributed by atoms with van der Waals surface area (Å²) in [4.78, 5) is 41.1. The summed E-state index contributed by atoms with van der Waals surface area (Å²) in [6, 6.07) is 6.51. The summed E-state index contributed by atoms with van der Waals surface area (Å²) in [6.07, 6.45) is 2.04. The maximum absolute atomic E-state index is 12.7. The Hall–Kier alpha value is -3.46. The van der Waals surface area contributed by atoms with Crippen molar-refractivity contribution in [3.05, 3.63) is 56.6 Å². The molecule has 1 fully saturated rings. The molecule has 216 valence electrons. The fraction of sp³-hybridized carbons (Fsp3) is 0.538. The number of nitro groups is 1. The second-order valence-electron chi connectivity index (χ2n) is 11.6. The van der Waals surface area contributed by atoms with Crippen LogP contribution in [0.4, 0.5) is 11.6 Å². The number of para-hydroxylation sites is 1. The minimum Gasteiger partial charge on any atom is -0.414 e. The third kappa shape index (κ3) is 6.46. The van der Waals surface area contributed by atoms with Crippen molar-refractivity contribution in [1.82, 2.24) is 24.4 Å². The number of nitrogens with zero attached hydrogens (tertiary/aromatic N) is 6. The lowest BCUT2D eigenvalue weighted by Gasteiger charge is -2.37. The topological polar surface area (TPSA) is 150 Å². The Morgan fingerprint density at radius 1 is 1.32 bits per heavy atom. The van der Waals surface area contributed by atoms with Gasteiger partial charge in [-0.05, 0) is 24.2 Å². The van der Waals surface area contributed by atoms with Crippen LogP contribution >= 0.6 is 0 Å². The van der Waals surface area contributed by atoms with Gasteiger partial charge in [-0.15, -0.1) is 0 Å². The fourth-order valence-electron chi connectivity index (χ4n) is 4.07. The first-order chi connectivity index (χ1) is 18.8. The summed E-state index contributed by atoms with van der Waals surface area (Å²) in [6.45, 7) is 11.2. The molecule has 0 radical (unpaired) electrons. The maximum atomic E-state index is 12.7. The highest BCUT2D eigenvalue weighted by Crippen LogP contribution is 2.39. The zero-order chi connectivity index (χ0) is 29.2. The summed E-state index contributed by atoms with van der Waals surface area (Å²) in [5.41, 5.74) is 0.579. The Morgan fingerprint density at radius 2 is 2.05 bits per heavy atom. The zero-order valence-electron chi connectivity index (χ0n) is 24.0. The summed E-state index contributed by atoms with van der Waals surface area (Å²) in [5.74, 6) is 0.146. The lowest BCUT2D eigenvalue weighted by molar-refractivity contribution is -0.386. The van der Waals surface area contributed by atoms with Crippen LogP contribution in [0, 0.1) is 10.1 Å². The molecule has 1 N–H and O–H groups in total. The molecule has 1 aliphatic rings. The van der Waals surface area contributed by atoms with E-state index in [0.717, 1.165) is 0 Å². The van der Waals surface area contributed by atoms with Crippen molar-refractivity contribution in [1.29, 1.82) is 0 Å². The largest absolute Gasteiger partial charge is 0.414 e. The van der Waals surface area contributed by atoms with Gasteiger partial charge in [0.2, 0.25) is 5.95 Å². The van der Waals surface area contributed by atoms with Crippen LogP contribution in [0.3, 0.4) is 0 Å². The van der Waals surface area contributed by atoms with Gasteiger partial charge in [0, 0.05) is 26.6 Å². The van der Waals surface area contributed by atoms with Crippen molar-refractivity contribution >= 4 is 37.5 Å². The Labute approximate surface area is 233 Å². The SMILES string of the molecule is CN(C)C=Nc1nc2c(ncn2[C@H]2C[C@H](OCc3ccccc3[N+](=O)[O-])[C@@H](CO[Si](C)(C)C(C)(C)C)O2)c(=O)[nH]1. The molecular formula is C26H37N7O6Si. The van der Waals surface area contributed by atoms with E-state index in [9.17, 15) is 14.9 Å². The Balaban J connectivity index is 1.62. The summed E-state index contributed by atoms with van der Waals surface area (Å²) in [5, 5.41) is 11.5. The minimum atomic E-state index is -2.10. The summed E-state index contributed by atoms with van der Waals surface area (Å²) >= 11 is 0. The van der Waals surface area contributed by atoms with Crippen LogP contribution in [0.1, 0.15) is 39.0 Å². The average molecular weight is 572 g/mol. The number of fused-ring (bicyclic) bond motifs is 1. The lowest BCUT2D eigenvalue weighted by atomic mass is 10.1. The molecule has 0 aliphatic carbocycles. The molecule has 40 heavy (non-hydrogen) atoms. The van der Waals surface area contributed by atoms with Gasteiger partial charge in [-0.25, -0.2) is 9.98 Å². The van der Waals surface area contributed by atoms with Gasteiger partial charge in [-0.1, -0.05) is 32.9 Å². The summed E-state index contributed by atoms with van der Waals surface area (Å²) < 4.78 is 20.9. The number of hydrogen-bond donors (Lipinski definition) is 1. The van der Waals surface area contributed by atoms with Gasteiger partial charge in [0.25, 0.3) is 11.2 Å². The predicted molar refractivity (Wildman–Crippen MR) is 153 cm³/mol. The second kappa shape index (κ2) is 11.6. The first kappa shape index (κ1) is 29.5. The van der Waals surface area contributed by atoms with E-state index in [0.29, 0.717) is 24.2 Å². The van der Waals surface area contributed by atoms with E-state index in [4.69, 9.17) is 13.9 Å². The van der Waals surface area contributed by atoms with Crippen molar-refractivity contribution in [2.75, 3.05) is 20.7 Å². The normalized spacial score (nSPS) is 20.0. The Bertz CT molecular complexity index is 1450. The Morgan fingerprint density at radius 3 is 2.73 bits per heavy atom. The van der Waals surface area contributed by atoms with Gasteiger partial charge < -0.3 is 18.8 Å². The lowest BCUT2D eigenvalue weighted by Crippen LogP contribution is -2.44. The molecule has 3 heterocycles. The first-order valence-corrected chi connectivity index (χ1v) is 16.0. The van der Waals surface area contributed by atoms with E-state index in [-0.39, 0.29) is 28.8 Å². The molecule has 2 aromatic heterocycles. The number of nitro benzene ring substituents is 1. The molecule has 1 aromatic carbocycles. The molecule has 0 bridgehead atoms. The smallest absolute Gasteiger partial charge is 0.280 e. The van der Waals surface area contributed by atoms with E-state index < -0.39 is 37.2 Å². The van der Waals surface area contributed by atoms with Gasteiger partial charge in [0.05, 0.1) is 42.5 Å². The standard InChI is InChI=1S/C26H37N7O6Si/c1-26(2,3)40(6,7)38-14-20-19(37-13-17-10-8-9-11-18(17)33(35)36)12-21(39-20)32-16-27-22-23(32)29-25(30-24(22)34)28-15-31(4)5/h8-11,15-16,19-21H,12-14H2,1-7H3,(H,29,30,34)/t19-,20+,21+/m0/s1. The van der Waals surface area contributed by atoms with Crippen molar-refractivity contribution in [3.8, 4) is 0 Å². The van der Waals surface area contributed by atoms with Crippen LogP contribution in [-0.4, -0.2) is 76.9 Å². The van der Waals surface area contributed by atoms with Gasteiger partial charge in [0.15, 0.2) is 19.5 Å². The number of aromatic nitrogens is 4. The molecule has 14 heteroatoms. The van der Waals surface area contributed by atoms with Crippen LogP contribution in [0.5, 0.6) is 0 Å². The number of ether oxygens (including phenoxy) is 2. The van der Waals surface area contributed by atoms with E-state index >= 15 is 0 Å². The molecule has 1 saturated heterocycles. The van der Waals surface area contributed by atoms with Crippen LogP contribution in [0.25, 0.3) is 11.2 Å². The monoisotopic (exact) mass is 571 g/mol. The maximum Gasteiger partial charge on any atom is 0.280 e. The fourth-order valence-corrected chi connectivity index (χ4v) is 5.08. The van der Waals surface area contributed by atoms with Gasteiger partial charge in [-0.3, -0.25) is 24.5 Å². The number of benzene rings is 1. The van der Waals surface area contributed by atoms with E-state index in [1.807, 2.05) is 14.1 Å². The van der Waals surface area contributed by atoms with Crippen LogP contribution in [0.2, 0.25) is 18.1 Å². The molecule has 0 amide bonds. The number of aliphatic imine (C=N–C) groups is 1. The predicted octanol–water partition coefficient (Wildman–Crippen LogP) is 4.14. The molecule has 0 saturated carbocycles. The van der Waals surface area contributed by atoms with Crippen LogP contribution in [-0.2, 0) is 20.5 Å². The molecule has 3 aromatic rings. The molecule has 4 rings (SSSR count). The molecule has 13 nitrogen and oxygen atoms in total. The highest BCUT2D eigenvalue weighted by atomic mass is 28.4. The van der Waals surface area contributed by atoms with E-state index in [1.165, 1.54) is 18.7 Å². The number of H-pyrrole nitrogens is 1. The number of rotatable bonds is 10. The van der Waals surface area contributed by atoms with Crippen molar-refractivity contribution in [3.63, 3.8) is 0 Å². The zero-order valence-corrected chi connectivity index (χ0v) is 25.0. The number of hydrogen-bond acceptors (Lipinski definition) is 9. The Kier molecular flexibility index (Phi) is 8.54. The van der Waals surface area contributed by atoms with Crippen molar-refractivity contribution in [2.24, 2.45) is 4.99 Å². The van der Waals surface area contributed by atoms with Gasteiger partial charge in [0.1, 0.15) is 12.3 Å². The van der Waals surface area contributed by atoms with Crippen LogP contribution in [0.15, 0.2) is 40.4 Å². The van der Waals surface area contributed by atoms with E-state index in [1.54, 1.807) is 27.7 Å². The van der Waals surface area contributed by atoms with Gasteiger partial charge in [-0.2, -0.15) is 4.98 Å².